The Bertz CT molecular complexity index is 398. The van der Waals surface area contributed by atoms with Gasteiger partial charge in [0.15, 0.2) is 0 Å². The number of terminal acetylenes is 1. The number of nitrogens with zero attached hydrogens (tertiary/aromatic N) is 2. The molecule has 5 nitrogen and oxygen atoms in total. The van der Waals surface area contributed by atoms with E-state index in [0.717, 1.165) is 19.3 Å². The lowest BCUT2D eigenvalue weighted by Crippen LogP contribution is -2.49. The Morgan fingerprint density at radius 2 is 2.11 bits per heavy atom. The second-order valence-electron chi connectivity index (χ2n) is 5.43. The summed E-state index contributed by atoms with van der Waals surface area (Å²) in [5.74, 6) is 1.84. The Balaban J connectivity index is 1.95. The van der Waals surface area contributed by atoms with Gasteiger partial charge in [-0.15, -0.1) is 6.42 Å². The van der Waals surface area contributed by atoms with Gasteiger partial charge in [0.1, 0.15) is 0 Å². The van der Waals surface area contributed by atoms with Crippen LogP contribution in [0.4, 0.5) is 4.79 Å². The highest BCUT2D eigenvalue weighted by atomic mass is 16.4. The van der Waals surface area contributed by atoms with Crippen molar-refractivity contribution in [3.05, 3.63) is 0 Å². The first-order chi connectivity index (χ1) is 9.11. The third-order valence-corrected chi connectivity index (χ3v) is 3.77. The zero-order valence-corrected chi connectivity index (χ0v) is 11.0. The molecular formula is C14H20N2O3. The number of carbonyl (C=O) groups is 2. The van der Waals surface area contributed by atoms with Crippen molar-refractivity contribution in [1.82, 2.24) is 9.80 Å². The zero-order valence-electron chi connectivity index (χ0n) is 11.0. The Morgan fingerprint density at radius 1 is 1.37 bits per heavy atom. The largest absolute Gasteiger partial charge is 0.481 e. The first-order valence-corrected chi connectivity index (χ1v) is 6.82. The average molecular weight is 264 g/mol. The van der Waals surface area contributed by atoms with Gasteiger partial charge in [-0.25, -0.2) is 4.79 Å². The van der Waals surface area contributed by atoms with Gasteiger partial charge < -0.3 is 14.9 Å². The summed E-state index contributed by atoms with van der Waals surface area (Å²) in [6.45, 7) is 1.95. The number of hydrogen-bond donors (Lipinski definition) is 1. The quantitative estimate of drug-likeness (QED) is 0.777. The molecule has 0 bridgehead atoms. The topological polar surface area (TPSA) is 60.9 Å². The molecule has 5 heteroatoms. The van der Waals surface area contributed by atoms with E-state index in [4.69, 9.17) is 11.5 Å². The molecule has 0 spiro atoms. The van der Waals surface area contributed by atoms with Crippen LogP contribution >= 0.6 is 0 Å². The Kier molecular flexibility index (Phi) is 4.31. The molecule has 1 aliphatic heterocycles. The molecule has 2 aliphatic rings. The fraction of sp³-hybridized carbons (Fsp3) is 0.714. The molecule has 19 heavy (non-hydrogen) atoms. The number of carbonyl (C=O) groups excluding carboxylic acids is 1. The van der Waals surface area contributed by atoms with Crippen molar-refractivity contribution in [3.63, 3.8) is 0 Å². The molecule has 0 unspecified atom stereocenters. The fourth-order valence-electron chi connectivity index (χ4n) is 2.49. The van der Waals surface area contributed by atoms with E-state index in [9.17, 15) is 9.59 Å². The molecule has 2 rings (SSSR count). The van der Waals surface area contributed by atoms with Gasteiger partial charge in [-0.05, 0) is 31.6 Å². The summed E-state index contributed by atoms with van der Waals surface area (Å²) in [5, 5.41) is 9.05. The molecule has 1 saturated heterocycles. The molecule has 1 N–H and O–H groups in total. The van der Waals surface area contributed by atoms with E-state index < -0.39 is 11.9 Å². The molecule has 1 heterocycles. The van der Waals surface area contributed by atoms with Crippen LogP contribution in [-0.2, 0) is 4.79 Å². The molecule has 2 amide bonds. The summed E-state index contributed by atoms with van der Waals surface area (Å²) in [5.41, 5.74) is 0. The summed E-state index contributed by atoms with van der Waals surface area (Å²) in [6.07, 6.45) is 9.03. The summed E-state index contributed by atoms with van der Waals surface area (Å²) >= 11 is 0. The number of aliphatic carboxylic acids is 1. The second kappa shape index (κ2) is 5.96. The monoisotopic (exact) mass is 264 g/mol. The maximum absolute atomic E-state index is 12.4. The molecule has 1 saturated carbocycles. The van der Waals surface area contributed by atoms with Crippen LogP contribution in [0.25, 0.3) is 0 Å². The highest BCUT2D eigenvalue weighted by Gasteiger charge is 2.32. The maximum Gasteiger partial charge on any atom is 0.320 e. The molecule has 0 aromatic rings. The highest BCUT2D eigenvalue weighted by molar-refractivity contribution is 5.77. The lowest BCUT2D eigenvalue weighted by Gasteiger charge is -2.34. The van der Waals surface area contributed by atoms with Crippen LogP contribution in [0.3, 0.4) is 0 Å². The van der Waals surface area contributed by atoms with E-state index in [1.165, 1.54) is 0 Å². The average Bonchev–Trinajstić information content (AvgIpc) is 3.21. The third-order valence-electron chi connectivity index (χ3n) is 3.77. The van der Waals surface area contributed by atoms with Crippen molar-refractivity contribution < 1.29 is 14.7 Å². The predicted octanol–water partition coefficient (Wildman–Crippen LogP) is 1.25. The van der Waals surface area contributed by atoms with Gasteiger partial charge in [-0.3, -0.25) is 4.79 Å². The maximum atomic E-state index is 12.4. The number of rotatable bonds is 4. The van der Waals surface area contributed by atoms with Crippen LogP contribution in [0.15, 0.2) is 0 Å². The minimum Gasteiger partial charge on any atom is -0.481 e. The molecule has 1 atom stereocenters. The van der Waals surface area contributed by atoms with Crippen LogP contribution in [0.2, 0.25) is 0 Å². The minimum absolute atomic E-state index is 0.101. The van der Waals surface area contributed by atoms with Crippen LogP contribution in [0.1, 0.15) is 25.7 Å². The van der Waals surface area contributed by atoms with Crippen LogP contribution in [-0.4, -0.2) is 53.1 Å². The van der Waals surface area contributed by atoms with Gasteiger partial charge in [-0.2, -0.15) is 0 Å². The molecule has 0 radical (unpaired) electrons. The smallest absolute Gasteiger partial charge is 0.320 e. The number of carboxylic acid groups (broad SMARTS) is 1. The van der Waals surface area contributed by atoms with E-state index >= 15 is 0 Å². The van der Waals surface area contributed by atoms with Crippen molar-refractivity contribution in [2.45, 2.75) is 25.7 Å². The number of piperidine rings is 1. The standard InChI is InChI=1S/C14H20N2O3/c1-2-7-15(9-11-5-6-11)14(19)16-8-3-4-12(10-16)13(17)18/h1,11-12H,3-10H2,(H,17,18)/t12-/m1/s1. The predicted molar refractivity (Wildman–Crippen MR) is 70.5 cm³/mol. The first-order valence-electron chi connectivity index (χ1n) is 6.82. The van der Waals surface area contributed by atoms with Gasteiger partial charge in [0.25, 0.3) is 0 Å². The molecule has 0 aromatic carbocycles. The number of amides is 2. The minimum atomic E-state index is -0.816. The molecule has 104 valence electrons. The van der Waals surface area contributed by atoms with E-state index in [-0.39, 0.29) is 6.03 Å². The number of carboxylic acids is 1. The Labute approximate surface area is 113 Å². The van der Waals surface area contributed by atoms with Crippen LogP contribution in [0, 0.1) is 24.2 Å². The van der Waals surface area contributed by atoms with Crippen LogP contribution < -0.4 is 0 Å². The summed E-state index contributed by atoms with van der Waals surface area (Å²) in [6, 6.07) is -0.101. The first kappa shape index (κ1) is 13.7. The van der Waals surface area contributed by atoms with Crippen molar-refractivity contribution in [2.75, 3.05) is 26.2 Å². The molecular weight excluding hydrogens is 244 g/mol. The van der Waals surface area contributed by atoms with Gasteiger partial charge in [0.05, 0.1) is 12.5 Å². The van der Waals surface area contributed by atoms with Crippen molar-refractivity contribution in [1.29, 1.82) is 0 Å². The number of urea groups is 1. The van der Waals surface area contributed by atoms with Crippen LogP contribution in [0.5, 0.6) is 0 Å². The van der Waals surface area contributed by atoms with Crippen molar-refractivity contribution >= 4 is 12.0 Å². The van der Waals surface area contributed by atoms with Gasteiger partial charge in [-0.1, -0.05) is 5.92 Å². The third kappa shape index (κ3) is 3.63. The normalized spacial score (nSPS) is 22.7. The van der Waals surface area contributed by atoms with Crippen molar-refractivity contribution in [3.8, 4) is 12.3 Å². The van der Waals surface area contributed by atoms with Crippen molar-refractivity contribution in [2.24, 2.45) is 11.8 Å². The summed E-state index contributed by atoms with van der Waals surface area (Å²) < 4.78 is 0. The molecule has 0 aromatic heterocycles. The number of hydrogen-bond acceptors (Lipinski definition) is 2. The Morgan fingerprint density at radius 3 is 2.68 bits per heavy atom. The molecule has 2 fully saturated rings. The Hall–Kier alpha value is -1.70. The summed E-state index contributed by atoms with van der Waals surface area (Å²) in [4.78, 5) is 26.7. The van der Waals surface area contributed by atoms with E-state index in [1.54, 1.807) is 9.80 Å². The van der Waals surface area contributed by atoms with Gasteiger partial charge in [0, 0.05) is 19.6 Å². The van der Waals surface area contributed by atoms with Gasteiger partial charge in [0.2, 0.25) is 0 Å². The van der Waals surface area contributed by atoms with E-state index in [2.05, 4.69) is 5.92 Å². The fourth-order valence-corrected chi connectivity index (χ4v) is 2.49. The van der Waals surface area contributed by atoms with Gasteiger partial charge >= 0.3 is 12.0 Å². The SMILES string of the molecule is C#CCN(CC1CC1)C(=O)N1CCC[C@@H](C(=O)O)C1. The zero-order chi connectivity index (χ0) is 13.8. The van der Waals surface area contributed by atoms with E-state index in [0.29, 0.717) is 38.5 Å². The highest BCUT2D eigenvalue weighted by Crippen LogP contribution is 2.30. The second-order valence-corrected chi connectivity index (χ2v) is 5.43. The summed E-state index contributed by atoms with van der Waals surface area (Å²) in [7, 11) is 0. The molecule has 1 aliphatic carbocycles. The number of likely N-dealkylation sites (tertiary alicyclic amines) is 1. The van der Waals surface area contributed by atoms with E-state index in [1.807, 2.05) is 0 Å². The lowest BCUT2D eigenvalue weighted by molar-refractivity contribution is -0.143. The lowest BCUT2D eigenvalue weighted by atomic mass is 9.98.